The molecule has 0 atom stereocenters. The van der Waals surface area contributed by atoms with Gasteiger partial charge in [0.25, 0.3) is 5.91 Å². The van der Waals surface area contributed by atoms with E-state index in [0.29, 0.717) is 36.1 Å². The molecule has 29 heavy (non-hydrogen) atoms. The number of ether oxygens (including phenoxy) is 2. The van der Waals surface area contributed by atoms with Gasteiger partial charge >= 0.3 is 0 Å². The van der Waals surface area contributed by atoms with Gasteiger partial charge in [-0.2, -0.15) is 0 Å². The van der Waals surface area contributed by atoms with E-state index in [1.807, 2.05) is 24.3 Å². The Morgan fingerprint density at radius 1 is 0.931 bits per heavy atom. The number of aromatic nitrogens is 2. The summed E-state index contributed by atoms with van der Waals surface area (Å²) in [6.07, 6.45) is 1.38. The largest absolute Gasteiger partial charge is 0.493 e. The average Bonchev–Trinajstić information content (AvgIpc) is 2.76. The average molecular weight is 392 g/mol. The van der Waals surface area contributed by atoms with Gasteiger partial charge in [0, 0.05) is 19.2 Å². The zero-order chi connectivity index (χ0) is 20.6. The molecule has 0 radical (unpaired) electrons. The van der Waals surface area contributed by atoms with Crippen molar-refractivity contribution in [3.8, 4) is 11.5 Å². The highest BCUT2D eigenvalue weighted by Crippen LogP contribution is 2.27. The molecule has 3 aromatic rings. The second-order valence-electron chi connectivity index (χ2n) is 6.50. The molecule has 1 heterocycles. The van der Waals surface area contributed by atoms with Crippen LogP contribution >= 0.6 is 0 Å². The van der Waals surface area contributed by atoms with Gasteiger partial charge in [0.2, 0.25) is 0 Å². The molecule has 3 rings (SSSR count). The summed E-state index contributed by atoms with van der Waals surface area (Å²) in [5.41, 5.74) is 3.53. The summed E-state index contributed by atoms with van der Waals surface area (Å²) in [5.74, 6) is 1.57. The number of methoxy groups -OCH3 is 2. The van der Waals surface area contributed by atoms with E-state index in [9.17, 15) is 4.79 Å². The Balaban J connectivity index is 1.60. The van der Waals surface area contributed by atoms with Crippen LogP contribution in [-0.4, -0.2) is 30.1 Å². The molecule has 0 unspecified atom stereocenters. The lowest BCUT2D eigenvalue weighted by atomic mass is 10.1. The lowest BCUT2D eigenvalue weighted by Gasteiger charge is -2.11. The minimum atomic E-state index is -0.277. The van der Waals surface area contributed by atoms with Crippen LogP contribution in [0.25, 0.3) is 0 Å². The van der Waals surface area contributed by atoms with E-state index >= 15 is 0 Å². The molecule has 2 N–H and O–H groups in total. The Morgan fingerprint density at radius 2 is 1.72 bits per heavy atom. The molecule has 0 aliphatic heterocycles. The highest BCUT2D eigenvalue weighted by Gasteiger charge is 2.10. The predicted molar refractivity (Wildman–Crippen MR) is 111 cm³/mol. The molecule has 7 heteroatoms. The summed E-state index contributed by atoms with van der Waals surface area (Å²) in [6, 6.07) is 15.3. The third-order valence-electron chi connectivity index (χ3n) is 4.36. The van der Waals surface area contributed by atoms with Gasteiger partial charge in [0.05, 0.1) is 14.2 Å². The zero-order valence-electron chi connectivity index (χ0n) is 16.7. The molecular formula is C22H24N4O3. The first-order valence-corrected chi connectivity index (χ1v) is 9.19. The fourth-order valence-electron chi connectivity index (χ4n) is 2.86. The standard InChI is InChI=1S/C22H24N4O3/c1-15-5-4-6-16(9-15)12-23-21-11-18(25-14-26-21)22(27)24-13-17-7-8-19(28-2)20(10-17)29-3/h4-11,14H,12-13H2,1-3H3,(H,24,27)(H,23,25,26). The molecule has 0 saturated heterocycles. The number of hydrogen-bond acceptors (Lipinski definition) is 6. The van der Waals surface area contributed by atoms with Crippen LogP contribution in [0.5, 0.6) is 11.5 Å². The van der Waals surface area contributed by atoms with Crippen molar-refractivity contribution >= 4 is 11.7 Å². The minimum Gasteiger partial charge on any atom is -0.493 e. The number of aryl methyl sites for hydroxylation is 1. The van der Waals surface area contributed by atoms with Gasteiger partial charge in [-0.1, -0.05) is 35.9 Å². The Bertz CT molecular complexity index is 991. The number of carbonyl (C=O) groups is 1. The SMILES string of the molecule is COc1ccc(CNC(=O)c2cc(NCc3cccc(C)c3)ncn2)cc1OC. The summed E-state index contributed by atoms with van der Waals surface area (Å²) in [5, 5.41) is 6.08. The summed E-state index contributed by atoms with van der Waals surface area (Å²) >= 11 is 0. The molecule has 1 amide bonds. The zero-order valence-corrected chi connectivity index (χ0v) is 16.7. The van der Waals surface area contributed by atoms with E-state index in [-0.39, 0.29) is 5.91 Å². The van der Waals surface area contributed by atoms with Crippen LogP contribution in [0.2, 0.25) is 0 Å². The van der Waals surface area contributed by atoms with Crippen LogP contribution in [-0.2, 0) is 13.1 Å². The van der Waals surface area contributed by atoms with Gasteiger partial charge < -0.3 is 20.1 Å². The van der Waals surface area contributed by atoms with E-state index in [4.69, 9.17) is 9.47 Å². The molecule has 2 aromatic carbocycles. The first kappa shape index (κ1) is 20.1. The van der Waals surface area contributed by atoms with Crippen molar-refractivity contribution in [2.24, 2.45) is 0 Å². The molecule has 0 fully saturated rings. The number of nitrogens with one attached hydrogen (secondary N) is 2. The van der Waals surface area contributed by atoms with Gasteiger partial charge in [0.15, 0.2) is 11.5 Å². The number of hydrogen-bond donors (Lipinski definition) is 2. The van der Waals surface area contributed by atoms with Crippen LogP contribution in [0.15, 0.2) is 54.9 Å². The van der Waals surface area contributed by atoms with E-state index in [2.05, 4.69) is 39.7 Å². The molecular weight excluding hydrogens is 368 g/mol. The maximum atomic E-state index is 12.5. The Labute approximate surface area is 170 Å². The van der Waals surface area contributed by atoms with Crippen molar-refractivity contribution in [1.82, 2.24) is 15.3 Å². The molecule has 7 nitrogen and oxygen atoms in total. The number of rotatable bonds is 8. The van der Waals surface area contributed by atoms with Crippen molar-refractivity contribution in [3.63, 3.8) is 0 Å². The fraction of sp³-hybridized carbons (Fsp3) is 0.227. The highest BCUT2D eigenvalue weighted by molar-refractivity contribution is 5.92. The lowest BCUT2D eigenvalue weighted by Crippen LogP contribution is -2.24. The quantitative estimate of drug-likeness (QED) is 0.612. The van der Waals surface area contributed by atoms with Gasteiger partial charge in [-0.15, -0.1) is 0 Å². The second kappa shape index (κ2) is 9.54. The van der Waals surface area contributed by atoms with E-state index in [1.54, 1.807) is 26.4 Å². The normalized spacial score (nSPS) is 10.3. The summed E-state index contributed by atoms with van der Waals surface area (Å²) in [4.78, 5) is 20.7. The summed E-state index contributed by atoms with van der Waals surface area (Å²) < 4.78 is 10.5. The Kier molecular flexibility index (Phi) is 6.63. The van der Waals surface area contributed by atoms with Gasteiger partial charge in [-0.25, -0.2) is 9.97 Å². The topological polar surface area (TPSA) is 85.4 Å². The number of nitrogens with zero attached hydrogens (tertiary/aromatic N) is 2. The number of carbonyl (C=O) groups excluding carboxylic acids is 1. The molecule has 0 saturated carbocycles. The van der Waals surface area contributed by atoms with Gasteiger partial charge in [-0.3, -0.25) is 4.79 Å². The predicted octanol–water partition coefficient (Wildman–Crippen LogP) is 3.34. The van der Waals surface area contributed by atoms with E-state index in [1.165, 1.54) is 11.9 Å². The molecule has 0 bridgehead atoms. The smallest absolute Gasteiger partial charge is 0.270 e. The van der Waals surface area contributed by atoms with Crippen molar-refractivity contribution in [2.75, 3.05) is 19.5 Å². The number of anilines is 1. The van der Waals surface area contributed by atoms with Crippen molar-refractivity contribution in [1.29, 1.82) is 0 Å². The molecule has 0 aliphatic carbocycles. The van der Waals surface area contributed by atoms with E-state index in [0.717, 1.165) is 11.1 Å². The summed E-state index contributed by atoms with van der Waals surface area (Å²) in [7, 11) is 3.16. The molecule has 1 aromatic heterocycles. The first-order chi connectivity index (χ1) is 14.1. The fourth-order valence-corrected chi connectivity index (χ4v) is 2.86. The number of amides is 1. The van der Waals surface area contributed by atoms with Crippen LogP contribution in [0.4, 0.5) is 5.82 Å². The van der Waals surface area contributed by atoms with Crippen molar-refractivity contribution < 1.29 is 14.3 Å². The third kappa shape index (κ3) is 5.44. The first-order valence-electron chi connectivity index (χ1n) is 9.19. The summed E-state index contributed by atoms with van der Waals surface area (Å²) in [6.45, 7) is 3.01. The molecule has 150 valence electrons. The van der Waals surface area contributed by atoms with Gasteiger partial charge in [-0.05, 0) is 30.2 Å². The van der Waals surface area contributed by atoms with Crippen LogP contribution in [0.3, 0.4) is 0 Å². The van der Waals surface area contributed by atoms with Crippen LogP contribution < -0.4 is 20.1 Å². The van der Waals surface area contributed by atoms with Crippen molar-refractivity contribution in [3.05, 3.63) is 77.2 Å². The Morgan fingerprint density at radius 3 is 2.48 bits per heavy atom. The highest BCUT2D eigenvalue weighted by atomic mass is 16.5. The van der Waals surface area contributed by atoms with Crippen LogP contribution in [0, 0.1) is 6.92 Å². The lowest BCUT2D eigenvalue weighted by molar-refractivity contribution is 0.0945. The third-order valence-corrected chi connectivity index (χ3v) is 4.36. The monoisotopic (exact) mass is 392 g/mol. The van der Waals surface area contributed by atoms with E-state index < -0.39 is 0 Å². The maximum absolute atomic E-state index is 12.5. The second-order valence-corrected chi connectivity index (χ2v) is 6.50. The van der Waals surface area contributed by atoms with Crippen LogP contribution in [0.1, 0.15) is 27.2 Å². The minimum absolute atomic E-state index is 0.277. The molecule has 0 spiro atoms. The van der Waals surface area contributed by atoms with Gasteiger partial charge in [0.1, 0.15) is 17.8 Å². The maximum Gasteiger partial charge on any atom is 0.270 e. The number of benzene rings is 2. The Hall–Kier alpha value is -3.61. The molecule has 0 aliphatic rings. The van der Waals surface area contributed by atoms with Crippen molar-refractivity contribution in [2.45, 2.75) is 20.0 Å².